The van der Waals surface area contributed by atoms with Crippen molar-refractivity contribution in [2.75, 3.05) is 32.8 Å². The van der Waals surface area contributed by atoms with Gasteiger partial charge in [-0.25, -0.2) is 0 Å². The Morgan fingerprint density at radius 1 is 1.28 bits per heavy atom. The first kappa shape index (κ1) is 11.7. The summed E-state index contributed by atoms with van der Waals surface area (Å²) in [5.74, 6) is 0.548. The molecule has 4 nitrogen and oxygen atoms in total. The maximum Gasteiger partial charge on any atom is 0.253 e. The first-order valence-corrected chi connectivity index (χ1v) is 6.51. The van der Waals surface area contributed by atoms with Crippen LogP contribution in [0.1, 0.15) is 10.4 Å². The summed E-state index contributed by atoms with van der Waals surface area (Å²) in [5.41, 5.74) is 0.766. The number of nitrogens with one attached hydrogen (secondary N) is 1. The van der Waals surface area contributed by atoms with Crippen molar-refractivity contribution in [3.05, 3.63) is 35.9 Å². The van der Waals surface area contributed by atoms with Gasteiger partial charge in [-0.3, -0.25) is 4.79 Å². The van der Waals surface area contributed by atoms with E-state index in [4.69, 9.17) is 4.74 Å². The molecule has 2 fully saturated rings. The van der Waals surface area contributed by atoms with E-state index in [1.807, 2.05) is 35.2 Å². The predicted octanol–water partition coefficient (Wildman–Crippen LogP) is 0.747. The minimum atomic E-state index is 0.117. The predicted molar refractivity (Wildman–Crippen MR) is 68.4 cm³/mol. The number of amides is 1. The lowest BCUT2D eigenvalue weighted by molar-refractivity contribution is 0.0561. The summed E-state index contributed by atoms with van der Waals surface area (Å²) < 4.78 is 5.79. The lowest BCUT2D eigenvalue weighted by Gasteiger charge is -2.23. The highest BCUT2D eigenvalue weighted by molar-refractivity contribution is 5.94. The largest absolute Gasteiger partial charge is 0.375 e. The second-order valence-electron chi connectivity index (χ2n) is 4.94. The standard InChI is InChI=1S/C14H18N2O2/c17-14(11-4-2-1-3-5-11)16-6-7-18-13-9-15-8-12(13)10-16/h1-5,12-13,15H,6-10H2/t12-,13-/m1/s1. The SMILES string of the molecule is O=C(c1ccccc1)N1CCO[C@@H]2CNC[C@@H]2C1. The Morgan fingerprint density at radius 3 is 2.94 bits per heavy atom. The molecule has 0 unspecified atom stereocenters. The fourth-order valence-corrected chi connectivity index (χ4v) is 2.72. The molecular weight excluding hydrogens is 228 g/mol. The number of carbonyl (C=O) groups excluding carboxylic acids is 1. The van der Waals surface area contributed by atoms with Crippen molar-refractivity contribution in [2.24, 2.45) is 5.92 Å². The van der Waals surface area contributed by atoms with Crippen LogP contribution >= 0.6 is 0 Å². The second-order valence-corrected chi connectivity index (χ2v) is 4.94. The molecule has 3 rings (SSSR count). The van der Waals surface area contributed by atoms with Crippen molar-refractivity contribution in [3.8, 4) is 0 Å². The monoisotopic (exact) mass is 246 g/mol. The van der Waals surface area contributed by atoms with Crippen LogP contribution in [-0.2, 0) is 4.74 Å². The minimum Gasteiger partial charge on any atom is -0.375 e. The molecule has 0 saturated carbocycles. The molecule has 1 N–H and O–H groups in total. The summed E-state index contributed by atoms with van der Waals surface area (Å²) in [5, 5.41) is 3.33. The molecule has 0 bridgehead atoms. The van der Waals surface area contributed by atoms with Crippen LogP contribution in [0.5, 0.6) is 0 Å². The first-order chi connectivity index (χ1) is 8.84. The summed E-state index contributed by atoms with van der Waals surface area (Å²) in [6, 6.07) is 9.49. The summed E-state index contributed by atoms with van der Waals surface area (Å²) in [7, 11) is 0. The summed E-state index contributed by atoms with van der Waals surface area (Å²) in [4.78, 5) is 14.3. The van der Waals surface area contributed by atoms with E-state index in [0.29, 0.717) is 19.1 Å². The number of rotatable bonds is 1. The molecule has 0 aromatic heterocycles. The highest BCUT2D eigenvalue weighted by Gasteiger charge is 2.33. The first-order valence-electron chi connectivity index (χ1n) is 6.51. The number of hydrogen-bond donors (Lipinski definition) is 1. The average Bonchev–Trinajstić information content (AvgIpc) is 2.76. The molecule has 1 aromatic rings. The summed E-state index contributed by atoms with van der Waals surface area (Å²) >= 11 is 0. The molecule has 18 heavy (non-hydrogen) atoms. The number of hydrogen-bond acceptors (Lipinski definition) is 3. The normalized spacial score (nSPS) is 27.7. The van der Waals surface area contributed by atoms with Crippen LogP contribution in [0.2, 0.25) is 0 Å². The summed E-state index contributed by atoms with van der Waals surface area (Å²) in [6.07, 6.45) is 0.276. The maximum atomic E-state index is 12.4. The van der Waals surface area contributed by atoms with Crippen molar-refractivity contribution in [1.29, 1.82) is 0 Å². The fraction of sp³-hybridized carbons (Fsp3) is 0.500. The molecule has 1 amide bonds. The Kier molecular flexibility index (Phi) is 3.30. The average molecular weight is 246 g/mol. The smallest absolute Gasteiger partial charge is 0.253 e. The topological polar surface area (TPSA) is 41.6 Å². The van der Waals surface area contributed by atoms with E-state index in [1.54, 1.807) is 0 Å². The van der Waals surface area contributed by atoms with Crippen molar-refractivity contribution < 1.29 is 9.53 Å². The molecule has 1 aromatic carbocycles. The number of ether oxygens (including phenoxy) is 1. The van der Waals surface area contributed by atoms with Gasteiger partial charge in [0.15, 0.2) is 0 Å². The van der Waals surface area contributed by atoms with E-state index in [-0.39, 0.29) is 12.0 Å². The van der Waals surface area contributed by atoms with Gasteiger partial charge in [-0.05, 0) is 12.1 Å². The lowest BCUT2D eigenvalue weighted by Crippen LogP contribution is -2.37. The van der Waals surface area contributed by atoms with Gasteiger partial charge in [0.1, 0.15) is 0 Å². The van der Waals surface area contributed by atoms with Crippen LogP contribution < -0.4 is 5.32 Å². The molecule has 2 aliphatic rings. The Morgan fingerprint density at radius 2 is 2.11 bits per heavy atom. The quantitative estimate of drug-likeness (QED) is 0.795. The molecule has 0 radical (unpaired) electrons. The highest BCUT2D eigenvalue weighted by atomic mass is 16.5. The van der Waals surface area contributed by atoms with Gasteiger partial charge >= 0.3 is 0 Å². The van der Waals surface area contributed by atoms with Crippen molar-refractivity contribution >= 4 is 5.91 Å². The fourth-order valence-electron chi connectivity index (χ4n) is 2.72. The van der Waals surface area contributed by atoms with Gasteiger partial charge in [-0.15, -0.1) is 0 Å². The van der Waals surface area contributed by atoms with E-state index < -0.39 is 0 Å². The third kappa shape index (κ3) is 2.26. The summed E-state index contributed by atoms with van der Waals surface area (Å²) in [6.45, 7) is 3.99. The Balaban J connectivity index is 1.74. The van der Waals surface area contributed by atoms with Gasteiger partial charge in [-0.2, -0.15) is 0 Å². The van der Waals surface area contributed by atoms with E-state index in [1.165, 1.54) is 0 Å². The van der Waals surface area contributed by atoms with E-state index >= 15 is 0 Å². The van der Waals surface area contributed by atoms with Crippen LogP contribution in [-0.4, -0.2) is 49.7 Å². The minimum absolute atomic E-state index is 0.117. The van der Waals surface area contributed by atoms with Crippen LogP contribution in [0, 0.1) is 5.92 Å². The number of carbonyl (C=O) groups is 1. The van der Waals surface area contributed by atoms with Gasteiger partial charge in [0.05, 0.1) is 12.7 Å². The third-order valence-corrected chi connectivity index (χ3v) is 3.73. The molecule has 2 heterocycles. The van der Waals surface area contributed by atoms with Gasteiger partial charge in [-0.1, -0.05) is 18.2 Å². The molecule has 96 valence electrons. The van der Waals surface area contributed by atoms with Crippen LogP contribution in [0.25, 0.3) is 0 Å². The van der Waals surface area contributed by atoms with Crippen molar-refractivity contribution in [2.45, 2.75) is 6.10 Å². The van der Waals surface area contributed by atoms with Gasteiger partial charge in [0.25, 0.3) is 5.91 Å². The van der Waals surface area contributed by atoms with Gasteiger partial charge in [0.2, 0.25) is 0 Å². The Bertz CT molecular complexity index is 421. The molecule has 4 heteroatoms. The molecule has 0 spiro atoms. The van der Waals surface area contributed by atoms with Crippen LogP contribution in [0.15, 0.2) is 30.3 Å². The van der Waals surface area contributed by atoms with E-state index in [9.17, 15) is 4.79 Å². The van der Waals surface area contributed by atoms with E-state index in [0.717, 1.165) is 25.2 Å². The second kappa shape index (κ2) is 5.08. The molecule has 2 atom stereocenters. The molecule has 2 aliphatic heterocycles. The molecule has 2 saturated heterocycles. The lowest BCUT2D eigenvalue weighted by atomic mass is 10.1. The van der Waals surface area contributed by atoms with Crippen molar-refractivity contribution in [3.63, 3.8) is 0 Å². The Labute approximate surface area is 107 Å². The molecular formula is C14H18N2O2. The highest BCUT2D eigenvalue weighted by Crippen LogP contribution is 2.19. The maximum absolute atomic E-state index is 12.4. The van der Waals surface area contributed by atoms with Gasteiger partial charge < -0.3 is 15.0 Å². The number of nitrogens with zero attached hydrogens (tertiary/aromatic N) is 1. The van der Waals surface area contributed by atoms with Gasteiger partial charge in [0, 0.05) is 37.7 Å². The van der Waals surface area contributed by atoms with Crippen LogP contribution in [0.4, 0.5) is 0 Å². The third-order valence-electron chi connectivity index (χ3n) is 3.73. The number of fused-ring (bicyclic) bond motifs is 1. The van der Waals surface area contributed by atoms with Crippen molar-refractivity contribution in [1.82, 2.24) is 10.2 Å². The Hall–Kier alpha value is -1.39. The zero-order chi connectivity index (χ0) is 12.4. The number of benzene rings is 1. The van der Waals surface area contributed by atoms with Crippen LogP contribution in [0.3, 0.4) is 0 Å². The zero-order valence-electron chi connectivity index (χ0n) is 10.3. The molecule has 0 aliphatic carbocycles. The zero-order valence-corrected chi connectivity index (χ0v) is 10.3. The van der Waals surface area contributed by atoms with E-state index in [2.05, 4.69) is 5.32 Å².